The Bertz CT molecular complexity index is 271. The van der Waals surface area contributed by atoms with Gasteiger partial charge in [0, 0.05) is 0 Å². The van der Waals surface area contributed by atoms with Gasteiger partial charge in [0.25, 0.3) is 5.67 Å². The van der Waals surface area contributed by atoms with Crippen LogP contribution in [-0.2, 0) is 0 Å². The van der Waals surface area contributed by atoms with Gasteiger partial charge in [-0.25, -0.2) is 4.39 Å². The van der Waals surface area contributed by atoms with Crippen LogP contribution in [0.25, 0.3) is 0 Å². The van der Waals surface area contributed by atoms with Crippen LogP contribution in [-0.4, -0.2) is 23.9 Å². The van der Waals surface area contributed by atoms with Gasteiger partial charge in [-0.1, -0.05) is 6.08 Å². The Hall–Kier alpha value is -0.890. The summed E-state index contributed by atoms with van der Waals surface area (Å²) >= 11 is 0. The van der Waals surface area contributed by atoms with Crippen LogP contribution in [0.3, 0.4) is 0 Å². The molecule has 0 aliphatic carbocycles. The maximum atomic E-state index is 12.9. The topological polar surface area (TPSA) is 0 Å². The van der Waals surface area contributed by atoms with Gasteiger partial charge in [-0.05, 0) is 13.0 Å². The van der Waals surface area contributed by atoms with Crippen LogP contribution in [0.5, 0.6) is 0 Å². The summed E-state index contributed by atoms with van der Waals surface area (Å²) in [7, 11) is 0. The van der Waals surface area contributed by atoms with Crippen molar-refractivity contribution in [3.05, 3.63) is 12.2 Å². The minimum absolute atomic E-state index is 0.132. The van der Waals surface area contributed by atoms with E-state index in [1.807, 2.05) is 0 Å². The molecule has 0 rings (SSSR count). The molecule has 0 nitrogen and oxygen atoms in total. The van der Waals surface area contributed by atoms with E-state index in [-0.39, 0.29) is 6.08 Å². The minimum atomic E-state index is -6.64. The van der Waals surface area contributed by atoms with Gasteiger partial charge in [0.1, 0.15) is 0 Å². The largest absolute Gasteiger partial charge is 0.457 e. The average molecular weight is 260 g/mol. The van der Waals surface area contributed by atoms with Gasteiger partial charge in [0.05, 0.1) is 0 Å². The first-order chi connectivity index (χ1) is 6.81. The lowest BCUT2D eigenvalue weighted by Gasteiger charge is -2.33. The number of rotatable bonds is 2. The second-order valence-electron chi connectivity index (χ2n) is 2.78. The standard InChI is InChI=1S/C7H5F9/c1-2-3-4(8,6(11,12)13)5(9,10)7(14,15)16/h2-3H,1H3/b3-2+/t4-/m0/s1. The van der Waals surface area contributed by atoms with Crippen molar-refractivity contribution >= 4 is 0 Å². The summed E-state index contributed by atoms with van der Waals surface area (Å²) in [5.41, 5.74) is -5.77. The van der Waals surface area contributed by atoms with E-state index in [9.17, 15) is 39.5 Å². The highest BCUT2D eigenvalue weighted by Crippen LogP contribution is 2.53. The van der Waals surface area contributed by atoms with Crippen molar-refractivity contribution in [2.75, 3.05) is 0 Å². The van der Waals surface area contributed by atoms with Crippen LogP contribution in [0.2, 0.25) is 0 Å². The summed E-state index contributed by atoms with van der Waals surface area (Å²) < 4.78 is 108. The third kappa shape index (κ3) is 2.12. The van der Waals surface area contributed by atoms with E-state index in [1.54, 1.807) is 0 Å². The lowest BCUT2D eigenvalue weighted by atomic mass is 9.95. The monoisotopic (exact) mass is 260 g/mol. The van der Waals surface area contributed by atoms with E-state index in [0.29, 0.717) is 6.92 Å². The number of allylic oxidation sites excluding steroid dienone is 2. The molecular weight excluding hydrogens is 255 g/mol. The first kappa shape index (κ1) is 15.1. The summed E-state index contributed by atoms with van der Waals surface area (Å²) in [6.45, 7) is 0.687. The predicted molar refractivity (Wildman–Crippen MR) is 35.7 cm³/mol. The van der Waals surface area contributed by atoms with Gasteiger partial charge in [-0.2, -0.15) is 35.1 Å². The van der Waals surface area contributed by atoms with Crippen molar-refractivity contribution in [1.82, 2.24) is 0 Å². The Morgan fingerprint density at radius 2 is 1.06 bits per heavy atom. The van der Waals surface area contributed by atoms with Crippen LogP contribution < -0.4 is 0 Å². The summed E-state index contributed by atoms with van der Waals surface area (Å²) in [6, 6.07) is 0. The van der Waals surface area contributed by atoms with E-state index in [1.165, 1.54) is 0 Å². The molecule has 0 fully saturated rings. The van der Waals surface area contributed by atoms with E-state index >= 15 is 0 Å². The maximum Gasteiger partial charge on any atom is 0.457 e. The van der Waals surface area contributed by atoms with E-state index in [2.05, 4.69) is 0 Å². The average Bonchev–Trinajstić information content (AvgIpc) is 1.99. The first-order valence-electron chi connectivity index (χ1n) is 3.65. The maximum absolute atomic E-state index is 12.9. The fourth-order valence-corrected chi connectivity index (χ4v) is 0.813. The Morgan fingerprint density at radius 1 is 0.688 bits per heavy atom. The molecule has 0 radical (unpaired) electrons. The molecule has 0 aromatic rings. The van der Waals surface area contributed by atoms with Gasteiger partial charge >= 0.3 is 18.3 Å². The summed E-state index contributed by atoms with van der Waals surface area (Å²) in [6.07, 6.45) is -13.7. The highest BCUT2D eigenvalue weighted by atomic mass is 19.4. The van der Waals surface area contributed by atoms with Crippen LogP contribution in [0.1, 0.15) is 6.92 Å². The Labute approximate surface area is 83.7 Å². The molecule has 0 spiro atoms. The molecule has 0 heterocycles. The number of hydrogen-bond acceptors (Lipinski definition) is 0. The molecule has 0 N–H and O–H groups in total. The van der Waals surface area contributed by atoms with Gasteiger partial charge in [0.15, 0.2) is 0 Å². The molecule has 0 aliphatic heterocycles. The van der Waals surface area contributed by atoms with Crippen LogP contribution in [0.15, 0.2) is 12.2 Å². The molecule has 1 atom stereocenters. The van der Waals surface area contributed by atoms with Crippen molar-refractivity contribution < 1.29 is 39.5 Å². The third-order valence-corrected chi connectivity index (χ3v) is 1.62. The fraction of sp³-hybridized carbons (Fsp3) is 0.714. The Kier molecular flexibility index (Phi) is 3.63. The molecule has 0 amide bonds. The second-order valence-corrected chi connectivity index (χ2v) is 2.78. The molecular formula is C7H5F9. The number of alkyl halides is 9. The van der Waals surface area contributed by atoms with Gasteiger partial charge in [-0.3, -0.25) is 0 Å². The molecule has 0 bridgehead atoms. The van der Waals surface area contributed by atoms with Gasteiger partial charge in [-0.15, -0.1) is 0 Å². The van der Waals surface area contributed by atoms with Crippen LogP contribution in [0, 0.1) is 0 Å². The highest BCUT2D eigenvalue weighted by molar-refractivity contribution is 5.15. The van der Waals surface area contributed by atoms with Crippen molar-refractivity contribution in [3.63, 3.8) is 0 Å². The van der Waals surface area contributed by atoms with Crippen molar-refractivity contribution in [2.24, 2.45) is 0 Å². The molecule has 0 saturated heterocycles. The quantitative estimate of drug-likeness (QED) is 0.519. The lowest BCUT2D eigenvalue weighted by Crippen LogP contribution is -2.60. The van der Waals surface area contributed by atoms with Gasteiger partial charge in [0.2, 0.25) is 0 Å². The zero-order valence-electron chi connectivity index (χ0n) is 7.56. The Morgan fingerprint density at radius 3 is 1.25 bits per heavy atom. The smallest absolute Gasteiger partial charge is 0.222 e. The number of halogens is 9. The number of hydrogen-bond donors (Lipinski definition) is 0. The summed E-state index contributed by atoms with van der Waals surface area (Å²) in [4.78, 5) is 0. The zero-order valence-corrected chi connectivity index (χ0v) is 7.56. The first-order valence-corrected chi connectivity index (χ1v) is 3.65. The molecule has 0 unspecified atom stereocenters. The molecule has 9 heteroatoms. The van der Waals surface area contributed by atoms with Crippen molar-refractivity contribution in [2.45, 2.75) is 30.9 Å². The normalized spacial score (nSPS) is 18.9. The second kappa shape index (κ2) is 3.85. The SMILES string of the molecule is C/C=C/[C@@](F)(C(F)(F)F)C(F)(F)C(F)(F)F. The third-order valence-electron chi connectivity index (χ3n) is 1.62. The van der Waals surface area contributed by atoms with E-state index in [0.717, 1.165) is 0 Å². The molecule has 0 aromatic heterocycles. The molecule has 0 aliphatic rings. The molecule has 0 saturated carbocycles. The fourth-order valence-electron chi connectivity index (χ4n) is 0.813. The van der Waals surface area contributed by atoms with E-state index < -0.39 is 30.0 Å². The van der Waals surface area contributed by atoms with Crippen LogP contribution >= 0.6 is 0 Å². The van der Waals surface area contributed by atoms with Crippen LogP contribution in [0.4, 0.5) is 39.5 Å². The molecule has 16 heavy (non-hydrogen) atoms. The highest BCUT2D eigenvalue weighted by Gasteiger charge is 2.79. The summed E-state index contributed by atoms with van der Waals surface area (Å²) in [5.74, 6) is -6.55. The minimum Gasteiger partial charge on any atom is -0.222 e. The van der Waals surface area contributed by atoms with Gasteiger partial charge < -0.3 is 0 Å². The summed E-state index contributed by atoms with van der Waals surface area (Å²) in [5, 5.41) is 0. The molecule has 0 aromatic carbocycles. The van der Waals surface area contributed by atoms with Crippen molar-refractivity contribution in [3.8, 4) is 0 Å². The van der Waals surface area contributed by atoms with Crippen molar-refractivity contribution in [1.29, 1.82) is 0 Å². The Balaban J connectivity index is 5.74. The lowest BCUT2D eigenvalue weighted by molar-refractivity contribution is -0.369. The zero-order chi connectivity index (χ0) is 13.4. The van der Waals surface area contributed by atoms with E-state index in [4.69, 9.17) is 0 Å². The predicted octanol–water partition coefficient (Wildman–Crippen LogP) is 4.03. The molecule has 96 valence electrons.